The van der Waals surface area contributed by atoms with E-state index in [9.17, 15) is 0 Å². The highest BCUT2D eigenvalue weighted by Gasteiger charge is 2.03. The van der Waals surface area contributed by atoms with Crippen LogP contribution in [0.4, 0.5) is 0 Å². The van der Waals surface area contributed by atoms with Crippen molar-refractivity contribution in [2.24, 2.45) is 0 Å². The van der Waals surface area contributed by atoms with E-state index < -0.39 is 0 Å². The molecular weight excluding hydrogens is 145 g/mol. The second-order valence-corrected chi connectivity index (χ2v) is 3.00. The molecule has 1 N–H and O–H groups in total. The van der Waals surface area contributed by atoms with Crippen molar-refractivity contribution in [1.29, 1.82) is 5.41 Å². The van der Waals surface area contributed by atoms with E-state index >= 15 is 0 Å². The fourth-order valence-corrected chi connectivity index (χ4v) is 0.929. The third-order valence-corrected chi connectivity index (χ3v) is 1.21. The van der Waals surface area contributed by atoms with Gasteiger partial charge in [0.15, 0.2) is 0 Å². The van der Waals surface area contributed by atoms with Crippen molar-refractivity contribution in [2.45, 2.75) is 24.1 Å². The Morgan fingerprint density at radius 2 is 2.12 bits per heavy atom. The Labute approximate surface area is 59.5 Å². The van der Waals surface area contributed by atoms with Gasteiger partial charge >= 0.3 is 0 Å². The lowest BCUT2D eigenvalue weighted by Gasteiger charge is -2.02. The molecule has 0 heterocycles. The van der Waals surface area contributed by atoms with Gasteiger partial charge in [-0.25, -0.2) is 0 Å². The minimum absolute atomic E-state index is 0.0686. The number of nitrogens with one attached hydrogen (secondary N) is 1. The van der Waals surface area contributed by atoms with E-state index in [0.717, 1.165) is 0 Å². The highest BCUT2D eigenvalue weighted by Crippen LogP contribution is 2.07. The van der Waals surface area contributed by atoms with Crippen molar-refractivity contribution < 1.29 is 0 Å². The van der Waals surface area contributed by atoms with Gasteiger partial charge in [-0.2, -0.15) is 0 Å². The standard InChI is InChI=1S/C5H9Cl2N/c1-4(6)2-5(7)3-8/h3-5,8H,2H2,1H3. The van der Waals surface area contributed by atoms with Crippen LogP contribution >= 0.6 is 23.2 Å². The quantitative estimate of drug-likeness (QED) is 0.476. The summed E-state index contributed by atoms with van der Waals surface area (Å²) in [6.07, 6.45) is 1.87. The van der Waals surface area contributed by atoms with Gasteiger partial charge in [-0.3, -0.25) is 0 Å². The van der Waals surface area contributed by atoms with Crippen LogP contribution in [0.3, 0.4) is 0 Å². The summed E-state index contributed by atoms with van der Waals surface area (Å²) in [4.78, 5) is 0. The first kappa shape index (κ1) is 8.25. The number of hydrogen-bond acceptors (Lipinski definition) is 1. The molecule has 2 unspecified atom stereocenters. The Morgan fingerprint density at radius 3 is 2.25 bits per heavy atom. The maximum Gasteiger partial charge on any atom is 0.0695 e. The molecule has 0 aromatic heterocycles. The van der Waals surface area contributed by atoms with Crippen molar-refractivity contribution >= 4 is 29.4 Å². The molecular formula is C5H9Cl2N. The summed E-state index contributed by atoms with van der Waals surface area (Å²) in [5, 5.41) is 6.56. The van der Waals surface area contributed by atoms with Crippen LogP contribution in [0, 0.1) is 5.41 Å². The molecule has 0 saturated carbocycles. The van der Waals surface area contributed by atoms with Gasteiger partial charge < -0.3 is 5.41 Å². The lowest BCUT2D eigenvalue weighted by molar-refractivity contribution is 0.855. The van der Waals surface area contributed by atoms with Crippen LogP contribution < -0.4 is 0 Å². The van der Waals surface area contributed by atoms with Gasteiger partial charge in [0.1, 0.15) is 0 Å². The van der Waals surface area contributed by atoms with Gasteiger partial charge in [0.25, 0.3) is 0 Å². The molecule has 0 amide bonds. The van der Waals surface area contributed by atoms with E-state index in [2.05, 4.69) is 0 Å². The maximum absolute atomic E-state index is 6.69. The monoisotopic (exact) mass is 153 g/mol. The molecule has 0 aliphatic heterocycles. The van der Waals surface area contributed by atoms with Crippen molar-refractivity contribution in [2.75, 3.05) is 0 Å². The van der Waals surface area contributed by atoms with Crippen molar-refractivity contribution in [3.8, 4) is 0 Å². The third kappa shape index (κ3) is 4.41. The molecule has 0 fully saturated rings. The smallest absolute Gasteiger partial charge is 0.0695 e. The van der Waals surface area contributed by atoms with Crippen LogP contribution in [0.25, 0.3) is 0 Å². The second kappa shape index (κ2) is 4.16. The van der Waals surface area contributed by atoms with Gasteiger partial charge in [-0.15, -0.1) is 23.2 Å². The van der Waals surface area contributed by atoms with E-state index in [1.807, 2.05) is 6.92 Å². The Bertz CT molecular complexity index is 72.8. The third-order valence-electron chi connectivity index (χ3n) is 0.731. The van der Waals surface area contributed by atoms with Crippen LogP contribution in [0.5, 0.6) is 0 Å². The number of rotatable bonds is 3. The molecule has 0 aliphatic rings. The first-order valence-electron chi connectivity index (χ1n) is 2.45. The first-order valence-corrected chi connectivity index (χ1v) is 3.33. The van der Waals surface area contributed by atoms with E-state index in [1.165, 1.54) is 6.21 Å². The summed E-state index contributed by atoms with van der Waals surface area (Å²) in [5.41, 5.74) is 0. The topological polar surface area (TPSA) is 23.9 Å². The number of halogens is 2. The summed E-state index contributed by atoms with van der Waals surface area (Å²) < 4.78 is 0. The number of hydrogen-bond donors (Lipinski definition) is 1. The fourth-order valence-electron chi connectivity index (χ4n) is 0.378. The van der Waals surface area contributed by atoms with E-state index in [4.69, 9.17) is 28.6 Å². The Kier molecular flexibility index (Phi) is 4.29. The lowest BCUT2D eigenvalue weighted by atomic mass is 10.2. The largest absolute Gasteiger partial charge is 0.312 e. The molecule has 0 radical (unpaired) electrons. The minimum atomic E-state index is -0.192. The van der Waals surface area contributed by atoms with Gasteiger partial charge in [-0.05, 0) is 13.3 Å². The van der Waals surface area contributed by atoms with Crippen LogP contribution in [0.2, 0.25) is 0 Å². The number of alkyl halides is 2. The van der Waals surface area contributed by atoms with Gasteiger partial charge in [0, 0.05) is 11.6 Å². The van der Waals surface area contributed by atoms with E-state index in [-0.39, 0.29) is 10.8 Å². The molecule has 2 atom stereocenters. The molecule has 0 bridgehead atoms. The molecule has 0 aliphatic carbocycles. The average molecular weight is 154 g/mol. The van der Waals surface area contributed by atoms with Crippen LogP contribution in [-0.4, -0.2) is 17.0 Å². The van der Waals surface area contributed by atoms with Crippen LogP contribution in [0.15, 0.2) is 0 Å². The molecule has 0 spiro atoms. The normalized spacial score (nSPS) is 17.4. The molecule has 0 saturated heterocycles. The van der Waals surface area contributed by atoms with Crippen LogP contribution in [0.1, 0.15) is 13.3 Å². The zero-order chi connectivity index (χ0) is 6.57. The Morgan fingerprint density at radius 1 is 1.62 bits per heavy atom. The predicted octanol–water partition coefficient (Wildman–Crippen LogP) is 2.26. The van der Waals surface area contributed by atoms with Crippen molar-refractivity contribution in [3.05, 3.63) is 0 Å². The summed E-state index contributed by atoms with van der Waals surface area (Å²) in [6, 6.07) is 0. The second-order valence-electron chi connectivity index (χ2n) is 1.70. The molecule has 0 aromatic rings. The van der Waals surface area contributed by atoms with Crippen molar-refractivity contribution in [1.82, 2.24) is 0 Å². The average Bonchev–Trinajstić information content (AvgIpc) is 1.65. The van der Waals surface area contributed by atoms with Gasteiger partial charge in [0.05, 0.1) is 5.38 Å². The Hall–Kier alpha value is 0.250. The highest BCUT2D eigenvalue weighted by atomic mass is 35.5. The Balaban J connectivity index is 3.23. The van der Waals surface area contributed by atoms with Crippen molar-refractivity contribution in [3.63, 3.8) is 0 Å². The van der Waals surface area contributed by atoms with Gasteiger partial charge in [0.2, 0.25) is 0 Å². The molecule has 48 valence electrons. The summed E-state index contributed by atoms with van der Waals surface area (Å²) >= 11 is 11.1. The lowest BCUT2D eigenvalue weighted by Crippen LogP contribution is -2.05. The molecule has 0 rings (SSSR count). The van der Waals surface area contributed by atoms with Gasteiger partial charge in [-0.1, -0.05) is 0 Å². The minimum Gasteiger partial charge on any atom is -0.312 e. The van der Waals surface area contributed by atoms with Crippen LogP contribution in [-0.2, 0) is 0 Å². The molecule has 8 heavy (non-hydrogen) atoms. The highest BCUT2D eigenvalue weighted by molar-refractivity contribution is 6.29. The SMILES string of the molecule is CC(Cl)CC(Cl)C=N. The fraction of sp³-hybridized carbons (Fsp3) is 0.800. The molecule has 1 nitrogen and oxygen atoms in total. The van der Waals surface area contributed by atoms with E-state index in [0.29, 0.717) is 6.42 Å². The molecule has 3 heteroatoms. The predicted molar refractivity (Wildman–Crippen MR) is 38.4 cm³/mol. The summed E-state index contributed by atoms with van der Waals surface area (Å²) in [5.74, 6) is 0. The summed E-state index contributed by atoms with van der Waals surface area (Å²) in [7, 11) is 0. The zero-order valence-electron chi connectivity index (χ0n) is 4.70. The maximum atomic E-state index is 6.69. The summed E-state index contributed by atoms with van der Waals surface area (Å²) in [6.45, 7) is 1.86. The molecule has 0 aromatic carbocycles. The first-order chi connectivity index (χ1) is 3.66. The zero-order valence-corrected chi connectivity index (χ0v) is 6.21. The van der Waals surface area contributed by atoms with E-state index in [1.54, 1.807) is 0 Å².